The highest BCUT2D eigenvalue weighted by molar-refractivity contribution is 7.98. The summed E-state index contributed by atoms with van der Waals surface area (Å²) < 4.78 is 2.15. The van der Waals surface area contributed by atoms with Gasteiger partial charge in [-0.15, -0.1) is 10.2 Å². The average Bonchev–Trinajstić information content (AvgIpc) is 3.16. The van der Waals surface area contributed by atoms with Crippen molar-refractivity contribution in [3.8, 4) is 17.1 Å². The Morgan fingerprint density at radius 2 is 1.55 bits per heavy atom. The summed E-state index contributed by atoms with van der Waals surface area (Å²) in [6.07, 6.45) is 0. The van der Waals surface area contributed by atoms with Gasteiger partial charge in [0.2, 0.25) is 0 Å². The SMILES string of the molecule is Cc1ccccc1-n1c(SCc2ccc(C(C)(C)C)cc2)nnc1-c1ccc(Cl)cc1. The Bertz CT molecular complexity index is 1170. The zero-order valence-electron chi connectivity index (χ0n) is 18.3. The molecule has 0 fully saturated rings. The van der Waals surface area contributed by atoms with Crippen LogP contribution in [0.5, 0.6) is 0 Å². The van der Waals surface area contributed by atoms with E-state index in [0.29, 0.717) is 5.02 Å². The molecule has 0 aliphatic rings. The lowest BCUT2D eigenvalue weighted by Crippen LogP contribution is -2.10. The van der Waals surface area contributed by atoms with Crippen LogP contribution in [0.3, 0.4) is 0 Å². The summed E-state index contributed by atoms with van der Waals surface area (Å²) in [6, 6.07) is 24.9. The van der Waals surface area contributed by atoms with Crippen molar-refractivity contribution in [3.05, 3.63) is 94.5 Å². The lowest BCUT2D eigenvalue weighted by Gasteiger charge is -2.19. The van der Waals surface area contributed by atoms with Gasteiger partial charge in [-0.05, 0) is 59.4 Å². The maximum atomic E-state index is 6.10. The number of hydrogen-bond donors (Lipinski definition) is 0. The highest BCUT2D eigenvalue weighted by Gasteiger charge is 2.18. The van der Waals surface area contributed by atoms with Gasteiger partial charge in [0.15, 0.2) is 11.0 Å². The van der Waals surface area contributed by atoms with E-state index in [4.69, 9.17) is 11.6 Å². The Balaban J connectivity index is 1.68. The van der Waals surface area contributed by atoms with Crippen LogP contribution in [0.4, 0.5) is 0 Å². The van der Waals surface area contributed by atoms with E-state index in [1.807, 2.05) is 30.3 Å². The number of hydrogen-bond acceptors (Lipinski definition) is 3. The van der Waals surface area contributed by atoms with E-state index in [1.54, 1.807) is 11.8 Å². The number of nitrogens with zero attached hydrogens (tertiary/aromatic N) is 3. The minimum Gasteiger partial charge on any atom is -0.270 e. The quantitative estimate of drug-likeness (QED) is 0.297. The molecule has 0 aliphatic heterocycles. The predicted octanol–water partition coefficient (Wildman–Crippen LogP) is 7.49. The van der Waals surface area contributed by atoms with Crippen molar-refractivity contribution >= 4 is 23.4 Å². The molecule has 0 N–H and O–H groups in total. The molecule has 1 heterocycles. The van der Waals surface area contributed by atoms with Crippen molar-refractivity contribution in [1.82, 2.24) is 14.8 Å². The van der Waals surface area contributed by atoms with Gasteiger partial charge in [0.05, 0.1) is 5.69 Å². The van der Waals surface area contributed by atoms with Crippen molar-refractivity contribution in [2.24, 2.45) is 0 Å². The lowest BCUT2D eigenvalue weighted by atomic mass is 9.87. The third-order valence-electron chi connectivity index (χ3n) is 5.28. The van der Waals surface area contributed by atoms with Gasteiger partial charge in [0, 0.05) is 16.3 Å². The normalized spacial score (nSPS) is 11.6. The molecule has 0 aliphatic carbocycles. The molecular weight excluding hydrogens is 422 g/mol. The molecule has 5 heteroatoms. The summed E-state index contributed by atoms with van der Waals surface area (Å²) >= 11 is 7.80. The molecule has 0 bridgehead atoms. The molecule has 158 valence electrons. The Hall–Kier alpha value is -2.56. The molecule has 31 heavy (non-hydrogen) atoms. The summed E-state index contributed by atoms with van der Waals surface area (Å²) in [5.74, 6) is 1.64. The predicted molar refractivity (Wildman–Crippen MR) is 131 cm³/mol. The minimum atomic E-state index is 0.157. The molecule has 4 aromatic rings. The monoisotopic (exact) mass is 447 g/mol. The topological polar surface area (TPSA) is 30.7 Å². The van der Waals surface area contributed by atoms with E-state index in [2.05, 4.69) is 84.9 Å². The van der Waals surface area contributed by atoms with Crippen LogP contribution >= 0.6 is 23.4 Å². The highest BCUT2D eigenvalue weighted by Crippen LogP contribution is 2.32. The van der Waals surface area contributed by atoms with Gasteiger partial charge < -0.3 is 0 Å². The first kappa shape index (κ1) is 21.7. The molecular formula is C26H26ClN3S. The fraction of sp³-hybridized carbons (Fsp3) is 0.231. The van der Waals surface area contributed by atoms with Crippen LogP contribution < -0.4 is 0 Å². The number of thioether (sulfide) groups is 1. The first-order valence-corrected chi connectivity index (χ1v) is 11.7. The Morgan fingerprint density at radius 1 is 0.871 bits per heavy atom. The minimum absolute atomic E-state index is 0.157. The van der Waals surface area contributed by atoms with Crippen LogP contribution in [-0.4, -0.2) is 14.8 Å². The molecule has 0 amide bonds. The number of benzene rings is 3. The zero-order valence-corrected chi connectivity index (χ0v) is 19.8. The van der Waals surface area contributed by atoms with Crippen LogP contribution in [0.25, 0.3) is 17.1 Å². The van der Waals surface area contributed by atoms with E-state index in [-0.39, 0.29) is 5.41 Å². The van der Waals surface area contributed by atoms with E-state index in [0.717, 1.165) is 28.0 Å². The van der Waals surface area contributed by atoms with Gasteiger partial charge in [-0.1, -0.05) is 86.6 Å². The van der Waals surface area contributed by atoms with Crippen molar-refractivity contribution in [1.29, 1.82) is 0 Å². The molecule has 0 unspecified atom stereocenters. The van der Waals surface area contributed by atoms with Crippen molar-refractivity contribution in [3.63, 3.8) is 0 Å². The number of halogens is 1. The molecule has 0 saturated heterocycles. The van der Waals surface area contributed by atoms with E-state index in [1.165, 1.54) is 16.7 Å². The van der Waals surface area contributed by atoms with Crippen molar-refractivity contribution < 1.29 is 0 Å². The first-order valence-electron chi connectivity index (χ1n) is 10.3. The van der Waals surface area contributed by atoms with Gasteiger partial charge in [0.1, 0.15) is 0 Å². The fourth-order valence-corrected chi connectivity index (χ4v) is 4.46. The molecule has 3 nitrogen and oxygen atoms in total. The Morgan fingerprint density at radius 3 is 2.19 bits per heavy atom. The second kappa shape index (κ2) is 8.89. The number of aromatic nitrogens is 3. The van der Waals surface area contributed by atoms with Crippen LogP contribution in [0, 0.1) is 6.92 Å². The number of para-hydroxylation sites is 1. The van der Waals surface area contributed by atoms with Gasteiger partial charge in [-0.3, -0.25) is 4.57 Å². The zero-order chi connectivity index (χ0) is 22.0. The Kier molecular flexibility index (Phi) is 6.22. The molecule has 0 radical (unpaired) electrons. The molecule has 0 atom stereocenters. The maximum Gasteiger partial charge on any atom is 0.196 e. The van der Waals surface area contributed by atoms with Gasteiger partial charge in [-0.2, -0.15) is 0 Å². The van der Waals surface area contributed by atoms with Crippen LogP contribution in [0.1, 0.15) is 37.5 Å². The smallest absolute Gasteiger partial charge is 0.196 e. The van der Waals surface area contributed by atoms with E-state index >= 15 is 0 Å². The standard InChI is InChI=1S/C26H26ClN3S/c1-18-7-5-6-8-23(18)30-24(20-11-15-22(27)16-12-20)28-29-25(30)31-17-19-9-13-21(14-10-19)26(2,3)4/h5-16H,17H2,1-4H3. The summed E-state index contributed by atoms with van der Waals surface area (Å²) in [5.41, 5.74) is 6.02. The second-order valence-corrected chi connectivity index (χ2v) is 10.0. The average molecular weight is 448 g/mol. The van der Waals surface area contributed by atoms with Crippen LogP contribution in [-0.2, 0) is 11.2 Å². The summed E-state index contributed by atoms with van der Waals surface area (Å²) in [4.78, 5) is 0. The fourth-order valence-electron chi connectivity index (χ4n) is 3.43. The third kappa shape index (κ3) is 4.86. The van der Waals surface area contributed by atoms with E-state index in [9.17, 15) is 0 Å². The molecule has 3 aromatic carbocycles. The molecule has 1 aromatic heterocycles. The van der Waals surface area contributed by atoms with Gasteiger partial charge in [-0.25, -0.2) is 0 Å². The van der Waals surface area contributed by atoms with Crippen molar-refractivity contribution in [2.45, 2.75) is 44.0 Å². The summed E-state index contributed by atoms with van der Waals surface area (Å²) in [6.45, 7) is 8.82. The van der Waals surface area contributed by atoms with Crippen molar-refractivity contribution in [2.75, 3.05) is 0 Å². The van der Waals surface area contributed by atoms with Crippen LogP contribution in [0.2, 0.25) is 5.02 Å². The third-order valence-corrected chi connectivity index (χ3v) is 6.53. The molecule has 0 saturated carbocycles. The highest BCUT2D eigenvalue weighted by atomic mass is 35.5. The van der Waals surface area contributed by atoms with Crippen LogP contribution in [0.15, 0.2) is 78.0 Å². The Labute approximate surface area is 193 Å². The summed E-state index contributed by atoms with van der Waals surface area (Å²) in [7, 11) is 0. The van der Waals surface area contributed by atoms with E-state index < -0.39 is 0 Å². The molecule has 0 spiro atoms. The largest absolute Gasteiger partial charge is 0.270 e. The van der Waals surface area contributed by atoms with Gasteiger partial charge >= 0.3 is 0 Å². The lowest BCUT2D eigenvalue weighted by molar-refractivity contribution is 0.590. The first-order chi connectivity index (χ1) is 14.8. The second-order valence-electron chi connectivity index (χ2n) is 8.67. The number of aryl methyl sites for hydroxylation is 1. The maximum absolute atomic E-state index is 6.10. The summed E-state index contributed by atoms with van der Waals surface area (Å²) in [5, 5.41) is 10.7. The number of rotatable bonds is 5. The van der Waals surface area contributed by atoms with Gasteiger partial charge in [0.25, 0.3) is 0 Å². The molecule has 4 rings (SSSR count).